The number of aryl methyl sites for hydroxylation is 1. The number of imidazole rings is 1. The molecule has 0 amide bonds. The highest BCUT2D eigenvalue weighted by atomic mass is 16.4. The number of carboxylic acid groups (broad SMARTS) is 1. The summed E-state index contributed by atoms with van der Waals surface area (Å²) in [5, 5.41) is 33.7. The van der Waals surface area contributed by atoms with Gasteiger partial charge in [0.1, 0.15) is 11.5 Å². The van der Waals surface area contributed by atoms with E-state index in [1.54, 1.807) is 11.5 Å². The Hall–Kier alpha value is -3.85. The molecule has 9 nitrogen and oxygen atoms in total. The van der Waals surface area contributed by atoms with Crippen molar-refractivity contribution in [3.05, 3.63) is 71.3 Å². The van der Waals surface area contributed by atoms with E-state index in [9.17, 15) is 15.0 Å². The third-order valence-corrected chi connectivity index (χ3v) is 4.90. The molecule has 0 aliphatic carbocycles. The Morgan fingerprint density at radius 2 is 1.75 bits per heavy atom. The number of tetrazole rings is 1. The molecular weight excluding hydrogens is 408 g/mol. The van der Waals surface area contributed by atoms with E-state index < -0.39 is 12.1 Å². The zero-order valence-electron chi connectivity index (χ0n) is 18.4. The average Bonchev–Trinajstić information content (AvgIpc) is 3.44. The second kappa shape index (κ2) is 9.97. The van der Waals surface area contributed by atoms with Crippen molar-refractivity contribution < 1.29 is 15.0 Å². The molecule has 3 N–H and O–H groups in total. The third kappa shape index (κ3) is 4.57. The normalized spacial score (nSPS) is 11.5. The van der Waals surface area contributed by atoms with Crippen LogP contribution in [-0.2, 0) is 6.54 Å². The molecule has 0 bridgehead atoms. The van der Waals surface area contributed by atoms with E-state index in [1.165, 1.54) is 6.92 Å². The second-order valence-corrected chi connectivity index (χ2v) is 6.94. The first kappa shape index (κ1) is 22.8. The first-order valence-corrected chi connectivity index (χ1v) is 10.4. The Labute approximate surface area is 185 Å². The molecule has 4 rings (SSSR count). The van der Waals surface area contributed by atoms with Crippen LogP contribution in [0, 0.1) is 6.92 Å². The number of H-pyrrole nitrogens is 1. The van der Waals surface area contributed by atoms with Crippen LogP contribution < -0.4 is 0 Å². The van der Waals surface area contributed by atoms with Crippen molar-refractivity contribution in [3.8, 4) is 22.5 Å². The number of carboxylic acids is 1. The van der Waals surface area contributed by atoms with Gasteiger partial charge in [-0.2, -0.15) is 5.21 Å². The monoisotopic (exact) mass is 434 g/mol. The van der Waals surface area contributed by atoms with Crippen molar-refractivity contribution in [1.29, 1.82) is 0 Å². The van der Waals surface area contributed by atoms with E-state index in [0.717, 1.165) is 22.3 Å². The lowest BCUT2D eigenvalue weighted by molar-refractivity contribution is 0.0677. The van der Waals surface area contributed by atoms with Crippen LogP contribution in [0.4, 0.5) is 0 Å². The summed E-state index contributed by atoms with van der Waals surface area (Å²) in [5.41, 5.74) is 3.89. The van der Waals surface area contributed by atoms with Gasteiger partial charge in [-0.25, -0.2) is 9.78 Å². The number of aromatic amines is 1. The molecule has 9 heteroatoms. The molecule has 0 saturated carbocycles. The minimum Gasteiger partial charge on any atom is -0.477 e. The zero-order valence-corrected chi connectivity index (χ0v) is 18.4. The molecule has 4 aromatic rings. The molecule has 2 aromatic carbocycles. The predicted molar refractivity (Wildman–Crippen MR) is 120 cm³/mol. The maximum atomic E-state index is 11.7. The summed E-state index contributed by atoms with van der Waals surface area (Å²) in [7, 11) is 0. The molecule has 0 spiro atoms. The summed E-state index contributed by atoms with van der Waals surface area (Å²) in [6.07, 6.45) is -0.958. The molecule has 32 heavy (non-hydrogen) atoms. The SMILES string of the molecule is CC.Cc1nc(C(C)O)c(C(=O)O)n1Cc1ccc(-c2ccccc2-c2nn[nH]n2)cc1. The van der Waals surface area contributed by atoms with Crippen molar-refractivity contribution in [2.75, 3.05) is 0 Å². The van der Waals surface area contributed by atoms with Crippen LogP contribution in [0.5, 0.6) is 0 Å². The van der Waals surface area contributed by atoms with Gasteiger partial charge >= 0.3 is 5.97 Å². The molecular formula is C23H26N6O3. The average molecular weight is 435 g/mol. The van der Waals surface area contributed by atoms with Gasteiger partial charge < -0.3 is 14.8 Å². The molecule has 0 saturated heterocycles. The Morgan fingerprint density at radius 1 is 1.09 bits per heavy atom. The number of hydrogen-bond acceptors (Lipinski definition) is 6. The number of rotatable bonds is 6. The highest BCUT2D eigenvalue weighted by Gasteiger charge is 2.23. The molecule has 2 aromatic heterocycles. The van der Waals surface area contributed by atoms with E-state index in [4.69, 9.17) is 0 Å². The maximum Gasteiger partial charge on any atom is 0.354 e. The predicted octanol–water partition coefficient (Wildman–Crippen LogP) is 3.86. The lowest BCUT2D eigenvalue weighted by atomic mass is 9.98. The Morgan fingerprint density at radius 3 is 2.31 bits per heavy atom. The van der Waals surface area contributed by atoms with Crippen molar-refractivity contribution in [3.63, 3.8) is 0 Å². The van der Waals surface area contributed by atoms with Gasteiger partial charge in [0, 0.05) is 12.1 Å². The van der Waals surface area contributed by atoms with Gasteiger partial charge in [-0.05, 0) is 35.8 Å². The molecule has 0 aliphatic heterocycles. The van der Waals surface area contributed by atoms with Crippen molar-refractivity contribution >= 4 is 5.97 Å². The number of carbonyl (C=O) groups is 1. The van der Waals surface area contributed by atoms with E-state index in [-0.39, 0.29) is 11.4 Å². The lowest BCUT2D eigenvalue weighted by Gasteiger charge is -2.11. The Kier molecular flexibility index (Phi) is 7.11. The van der Waals surface area contributed by atoms with Gasteiger partial charge in [0.25, 0.3) is 0 Å². The van der Waals surface area contributed by atoms with E-state index >= 15 is 0 Å². The molecule has 0 fully saturated rings. The Balaban J connectivity index is 0.00000141. The summed E-state index contributed by atoms with van der Waals surface area (Å²) in [5.74, 6) is -0.0625. The van der Waals surface area contributed by atoms with Gasteiger partial charge in [0.05, 0.1) is 6.10 Å². The van der Waals surface area contributed by atoms with Crippen LogP contribution in [0.2, 0.25) is 0 Å². The number of hydrogen-bond donors (Lipinski definition) is 3. The molecule has 0 aliphatic rings. The number of aromatic carboxylic acids is 1. The molecule has 2 heterocycles. The summed E-state index contributed by atoms with van der Waals surface area (Å²) in [6.45, 7) is 7.57. The fraction of sp³-hybridized carbons (Fsp3) is 0.261. The van der Waals surface area contributed by atoms with E-state index in [2.05, 4.69) is 25.6 Å². The van der Waals surface area contributed by atoms with Crippen LogP contribution in [0.25, 0.3) is 22.5 Å². The minimum absolute atomic E-state index is 0.00836. The fourth-order valence-corrected chi connectivity index (χ4v) is 3.48. The van der Waals surface area contributed by atoms with E-state index in [0.29, 0.717) is 18.2 Å². The van der Waals surface area contributed by atoms with Crippen LogP contribution in [0.1, 0.15) is 54.4 Å². The number of aromatic nitrogens is 6. The smallest absolute Gasteiger partial charge is 0.354 e. The number of aliphatic hydroxyl groups is 1. The largest absolute Gasteiger partial charge is 0.477 e. The van der Waals surface area contributed by atoms with Gasteiger partial charge in [0.15, 0.2) is 5.69 Å². The van der Waals surface area contributed by atoms with Crippen LogP contribution in [-0.4, -0.2) is 46.4 Å². The molecule has 166 valence electrons. The van der Waals surface area contributed by atoms with Gasteiger partial charge in [-0.3, -0.25) is 0 Å². The fourth-order valence-electron chi connectivity index (χ4n) is 3.48. The minimum atomic E-state index is -1.11. The quantitative estimate of drug-likeness (QED) is 0.420. The van der Waals surface area contributed by atoms with E-state index in [1.807, 2.05) is 62.4 Å². The topological polar surface area (TPSA) is 130 Å². The van der Waals surface area contributed by atoms with Crippen molar-refractivity contribution in [1.82, 2.24) is 30.2 Å². The summed E-state index contributed by atoms with van der Waals surface area (Å²) < 4.78 is 1.60. The van der Waals surface area contributed by atoms with Crippen molar-refractivity contribution in [2.45, 2.75) is 40.3 Å². The highest BCUT2D eigenvalue weighted by molar-refractivity contribution is 5.87. The number of aliphatic hydroxyl groups excluding tert-OH is 1. The number of nitrogens with zero attached hydrogens (tertiary/aromatic N) is 5. The third-order valence-electron chi connectivity index (χ3n) is 4.90. The summed E-state index contributed by atoms with van der Waals surface area (Å²) >= 11 is 0. The molecule has 0 radical (unpaired) electrons. The number of benzene rings is 2. The molecule has 1 atom stereocenters. The Bertz CT molecular complexity index is 1180. The molecule has 1 unspecified atom stereocenters. The lowest BCUT2D eigenvalue weighted by Crippen LogP contribution is -2.13. The number of nitrogens with one attached hydrogen (secondary N) is 1. The van der Waals surface area contributed by atoms with Gasteiger partial charge in [-0.1, -0.05) is 62.4 Å². The summed E-state index contributed by atoms with van der Waals surface area (Å²) in [6, 6.07) is 15.6. The first-order chi connectivity index (χ1) is 15.5. The standard InChI is InChI=1S/C21H20N6O3.C2H6/c1-12(28)18-19(21(29)30)27(13(2)22-18)11-14-7-9-15(10-8-14)16-5-3-4-6-17(16)20-23-25-26-24-20;1-2/h3-10,12,28H,11H2,1-2H3,(H,29,30)(H,23,24,25,26);1-2H3. The van der Waals surface area contributed by atoms with Gasteiger partial charge in [0.2, 0.25) is 5.82 Å². The van der Waals surface area contributed by atoms with Crippen LogP contribution in [0.3, 0.4) is 0 Å². The second-order valence-electron chi connectivity index (χ2n) is 6.94. The van der Waals surface area contributed by atoms with Crippen LogP contribution >= 0.6 is 0 Å². The van der Waals surface area contributed by atoms with Crippen LogP contribution in [0.15, 0.2) is 48.5 Å². The first-order valence-electron chi connectivity index (χ1n) is 10.4. The zero-order chi connectivity index (χ0) is 23.3. The maximum absolute atomic E-state index is 11.7. The highest BCUT2D eigenvalue weighted by Crippen LogP contribution is 2.30. The summed E-state index contributed by atoms with van der Waals surface area (Å²) in [4.78, 5) is 16.0. The van der Waals surface area contributed by atoms with Crippen molar-refractivity contribution in [2.24, 2.45) is 0 Å². The van der Waals surface area contributed by atoms with Gasteiger partial charge in [-0.15, -0.1) is 10.2 Å².